The van der Waals surface area contributed by atoms with Gasteiger partial charge in [-0.3, -0.25) is 9.59 Å². The minimum atomic E-state index is -0.728. The number of nitrogens with zero attached hydrogens (tertiary/aromatic N) is 1. The van der Waals surface area contributed by atoms with Crippen molar-refractivity contribution in [1.82, 2.24) is 4.90 Å². The molecule has 1 heterocycles. The molecule has 0 bridgehead atoms. The minimum absolute atomic E-state index is 0.105. The molecule has 0 aromatic carbocycles. The van der Waals surface area contributed by atoms with Gasteiger partial charge in [-0.05, 0) is 44.7 Å². The number of furan rings is 1. The van der Waals surface area contributed by atoms with Gasteiger partial charge >= 0.3 is 5.97 Å². The SMILES string of the molecule is Cc1ccc(C(=O)N(C)C2CCC(C(=O)O)CC2)o1. The molecule has 0 atom stereocenters. The molecular formula is C14H19NO4. The molecule has 1 amide bonds. The molecule has 1 N–H and O–H groups in total. The highest BCUT2D eigenvalue weighted by atomic mass is 16.4. The maximum atomic E-state index is 12.2. The fraction of sp³-hybridized carbons (Fsp3) is 0.571. The second kappa shape index (κ2) is 5.47. The Morgan fingerprint density at radius 1 is 1.26 bits per heavy atom. The third-order valence-electron chi connectivity index (χ3n) is 3.87. The van der Waals surface area contributed by atoms with Crippen molar-refractivity contribution in [3.63, 3.8) is 0 Å². The van der Waals surface area contributed by atoms with E-state index in [4.69, 9.17) is 9.52 Å². The predicted octanol–water partition coefficient (Wildman–Crippen LogP) is 2.30. The van der Waals surface area contributed by atoms with E-state index < -0.39 is 5.97 Å². The molecule has 1 saturated carbocycles. The third-order valence-corrected chi connectivity index (χ3v) is 3.87. The smallest absolute Gasteiger partial charge is 0.306 e. The van der Waals surface area contributed by atoms with E-state index in [1.807, 2.05) is 0 Å². The van der Waals surface area contributed by atoms with Crippen molar-refractivity contribution in [2.24, 2.45) is 5.92 Å². The lowest BCUT2D eigenvalue weighted by atomic mass is 9.85. The molecule has 5 nitrogen and oxygen atoms in total. The second-order valence-electron chi connectivity index (χ2n) is 5.17. The Kier molecular flexibility index (Phi) is 3.93. The van der Waals surface area contributed by atoms with E-state index in [2.05, 4.69) is 0 Å². The van der Waals surface area contributed by atoms with Gasteiger partial charge in [0, 0.05) is 13.1 Å². The number of hydrogen-bond donors (Lipinski definition) is 1. The van der Waals surface area contributed by atoms with Gasteiger partial charge in [0.15, 0.2) is 5.76 Å². The highest BCUT2D eigenvalue weighted by Crippen LogP contribution is 2.28. The summed E-state index contributed by atoms with van der Waals surface area (Å²) in [5.74, 6) is -0.0572. The second-order valence-corrected chi connectivity index (χ2v) is 5.17. The molecule has 0 saturated heterocycles. The number of aryl methyl sites for hydroxylation is 1. The van der Waals surface area contributed by atoms with Gasteiger partial charge in [0.25, 0.3) is 5.91 Å². The van der Waals surface area contributed by atoms with Crippen LogP contribution in [0.1, 0.15) is 42.0 Å². The quantitative estimate of drug-likeness (QED) is 0.910. The van der Waals surface area contributed by atoms with Crippen molar-refractivity contribution >= 4 is 11.9 Å². The molecule has 1 fully saturated rings. The predicted molar refractivity (Wildman–Crippen MR) is 68.9 cm³/mol. The monoisotopic (exact) mass is 265 g/mol. The van der Waals surface area contributed by atoms with Crippen LogP contribution in [-0.2, 0) is 4.79 Å². The first-order valence-electron chi connectivity index (χ1n) is 6.55. The molecule has 1 aromatic rings. The fourth-order valence-corrected chi connectivity index (χ4v) is 2.60. The van der Waals surface area contributed by atoms with Crippen LogP contribution in [0.4, 0.5) is 0 Å². The summed E-state index contributed by atoms with van der Waals surface area (Å²) in [7, 11) is 1.76. The van der Waals surface area contributed by atoms with Crippen LogP contribution in [0.3, 0.4) is 0 Å². The Bertz CT molecular complexity index is 472. The topological polar surface area (TPSA) is 70.8 Å². The molecule has 1 aromatic heterocycles. The van der Waals surface area contributed by atoms with Crippen LogP contribution >= 0.6 is 0 Å². The number of hydrogen-bond acceptors (Lipinski definition) is 3. The molecule has 104 valence electrons. The Balaban J connectivity index is 1.96. The first kappa shape index (κ1) is 13.6. The minimum Gasteiger partial charge on any atom is -0.481 e. The van der Waals surface area contributed by atoms with Crippen LogP contribution in [0.25, 0.3) is 0 Å². The van der Waals surface area contributed by atoms with E-state index in [0.717, 1.165) is 12.8 Å². The summed E-state index contributed by atoms with van der Waals surface area (Å²) in [6, 6.07) is 3.55. The maximum Gasteiger partial charge on any atom is 0.306 e. The van der Waals surface area contributed by atoms with Gasteiger partial charge in [-0.15, -0.1) is 0 Å². The zero-order valence-corrected chi connectivity index (χ0v) is 11.3. The molecule has 5 heteroatoms. The number of carboxylic acid groups (broad SMARTS) is 1. The van der Waals surface area contributed by atoms with Gasteiger partial charge in [0.05, 0.1) is 5.92 Å². The van der Waals surface area contributed by atoms with E-state index in [9.17, 15) is 9.59 Å². The first-order valence-corrected chi connectivity index (χ1v) is 6.55. The summed E-state index contributed by atoms with van der Waals surface area (Å²) in [5, 5.41) is 8.96. The maximum absolute atomic E-state index is 12.2. The summed E-state index contributed by atoms with van der Waals surface area (Å²) in [6.07, 6.45) is 2.74. The standard InChI is InChI=1S/C14H19NO4/c1-9-3-8-12(19-9)13(16)15(2)11-6-4-10(5-7-11)14(17)18/h3,8,10-11H,4-7H2,1-2H3,(H,17,18). The molecule has 0 spiro atoms. The fourth-order valence-electron chi connectivity index (χ4n) is 2.60. The molecular weight excluding hydrogens is 246 g/mol. The normalized spacial score (nSPS) is 23.1. The summed E-state index contributed by atoms with van der Waals surface area (Å²) in [6.45, 7) is 1.80. The number of carbonyl (C=O) groups is 2. The van der Waals surface area contributed by atoms with Gasteiger partial charge < -0.3 is 14.4 Å². The highest BCUT2D eigenvalue weighted by molar-refractivity contribution is 5.91. The van der Waals surface area contributed by atoms with Crippen LogP contribution < -0.4 is 0 Å². The van der Waals surface area contributed by atoms with Crippen molar-refractivity contribution in [2.75, 3.05) is 7.05 Å². The van der Waals surface area contributed by atoms with E-state index in [0.29, 0.717) is 24.4 Å². The van der Waals surface area contributed by atoms with Gasteiger partial charge in [0.1, 0.15) is 5.76 Å². The van der Waals surface area contributed by atoms with Crippen LogP contribution in [0.15, 0.2) is 16.5 Å². The first-order chi connectivity index (χ1) is 8.99. The lowest BCUT2D eigenvalue weighted by Crippen LogP contribution is -2.40. The number of carbonyl (C=O) groups excluding carboxylic acids is 1. The summed E-state index contributed by atoms with van der Waals surface area (Å²) < 4.78 is 5.33. The average molecular weight is 265 g/mol. The highest BCUT2D eigenvalue weighted by Gasteiger charge is 2.30. The average Bonchev–Trinajstić information content (AvgIpc) is 2.84. The lowest BCUT2D eigenvalue weighted by molar-refractivity contribution is -0.143. The van der Waals surface area contributed by atoms with Crippen LogP contribution in [0.5, 0.6) is 0 Å². The van der Waals surface area contributed by atoms with E-state index in [1.54, 1.807) is 31.0 Å². The summed E-state index contributed by atoms with van der Waals surface area (Å²) in [5.41, 5.74) is 0. The zero-order chi connectivity index (χ0) is 14.0. The van der Waals surface area contributed by atoms with Gasteiger partial charge in [0.2, 0.25) is 0 Å². The third kappa shape index (κ3) is 2.97. The van der Waals surface area contributed by atoms with Crippen LogP contribution in [-0.4, -0.2) is 35.0 Å². The van der Waals surface area contributed by atoms with Crippen molar-refractivity contribution < 1.29 is 19.1 Å². The summed E-state index contributed by atoms with van der Waals surface area (Å²) >= 11 is 0. The number of rotatable bonds is 3. The van der Waals surface area contributed by atoms with Crippen LogP contribution in [0, 0.1) is 12.8 Å². The lowest BCUT2D eigenvalue weighted by Gasteiger charge is -2.32. The Morgan fingerprint density at radius 3 is 2.37 bits per heavy atom. The summed E-state index contributed by atoms with van der Waals surface area (Å²) in [4.78, 5) is 24.8. The molecule has 19 heavy (non-hydrogen) atoms. The number of amides is 1. The Hall–Kier alpha value is -1.78. The van der Waals surface area contributed by atoms with Gasteiger partial charge in [-0.25, -0.2) is 0 Å². The number of aliphatic carboxylic acids is 1. The zero-order valence-electron chi connectivity index (χ0n) is 11.3. The van der Waals surface area contributed by atoms with E-state index in [-0.39, 0.29) is 17.9 Å². The molecule has 2 rings (SSSR count). The largest absolute Gasteiger partial charge is 0.481 e. The van der Waals surface area contributed by atoms with E-state index >= 15 is 0 Å². The number of carboxylic acids is 1. The molecule has 1 aliphatic carbocycles. The molecule has 0 aliphatic heterocycles. The molecule has 1 aliphatic rings. The van der Waals surface area contributed by atoms with Crippen molar-refractivity contribution in [3.8, 4) is 0 Å². The molecule has 0 unspecified atom stereocenters. The van der Waals surface area contributed by atoms with Gasteiger partial charge in [-0.1, -0.05) is 0 Å². The van der Waals surface area contributed by atoms with Crippen molar-refractivity contribution in [1.29, 1.82) is 0 Å². The van der Waals surface area contributed by atoms with Crippen molar-refractivity contribution in [2.45, 2.75) is 38.6 Å². The van der Waals surface area contributed by atoms with Crippen molar-refractivity contribution in [3.05, 3.63) is 23.7 Å². The Labute approximate surface area is 112 Å². The molecule has 0 radical (unpaired) electrons. The van der Waals surface area contributed by atoms with Gasteiger partial charge in [-0.2, -0.15) is 0 Å². The Morgan fingerprint density at radius 2 is 1.89 bits per heavy atom. The van der Waals surface area contributed by atoms with Crippen LogP contribution in [0.2, 0.25) is 0 Å². The van der Waals surface area contributed by atoms with E-state index in [1.165, 1.54) is 0 Å².